The average Bonchev–Trinajstić information content (AvgIpc) is 3.19. The molecule has 1 aliphatic heterocycles. The predicted octanol–water partition coefficient (Wildman–Crippen LogP) is 0.342. The molecule has 26 heavy (non-hydrogen) atoms. The minimum atomic E-state index is -1.12. The van der Waals surface area contributed by atoms with E-state index in [4.69, 9.17) is 0 Å². The van der Waals surface area contributed by atoms with Crippen molar-refractivity contribution >= 4 is 23.2 Å². The normalized spacial score (nSPS) is 17.3. The number of allylic oxidation sites excluding steroid dienone is 3. The Bertz CT molecular complexity index is 639. The fourth-order valence-electron chi connectivity index (χ4n) is 2.98. The van der Waals surface area contributed by atoms with Crippen molar-refractivity contribution in [3.05, 3.63) is 46.2 Å². The number of amides is 1. The Hall–Kier alpha value is -0.880. The summed E-state index contributed by atoms with van der Waals surface area (Å²) in [4.78, 5) is 26.1. The molecule has 0 spiro atoms. The summed E-state index contributed by atoms with van der Waals surface area (Å²) >= 11 is 1.26. The minimum Gasteiger partial charge on any atom is -0.544 e. The summed E-state index contributed by atoms with van der Waals surface area (Å²) < 4.78 is 0. The van der Waals surface area contributed by atoms with Crippen LogP contribution in [-0.2, 0) is 11.2 Å². The quantitative estimate of drug-likeness (QED) is 0.333. The summed E-state index contributed by atoms with van der Waals surface area (Å²) in [5, 5.41) is 10.8. The van der Waals surface area contributed by atoms with Gasteiger partial charge >= 0.3 is 29.6 Å². The summed E-state index contributed by atoms with van der Waals surface area (Å²) in [5.74, 6) is -0.908. The standard InChI is InChI=1S/C20H27NO3S.Na/c1-2-3-4-5-6-7-9-16-11-14-19(22)21(16)15-8-10-17-12-13-18(25-17)20(23)24;/h5-7,9,12-13,16H,2-4,8,10-11,14-15H2,1H3,(H,23,24);/q;+1/p-1/b6-5+,9-7+;/t16-;/m0./s1. The molecule has 0 aliphatic carbocycles. The molecule has 1 amide bonds. The molecular formula is C20H26NNaO3S. The van der Waals surface area contributed by atoms with E-state index in [1.54, 1.807) is 6.07 Å². The van der Waals surface area contributed by atoms with Gasteiger partial charge in [-0.05, 0) is 37.8 Å². The number of thiophene rings is 1. The summed E-state index contributed by atoms with van der Waals surface area (Å²) in [7, 11) is 0. The minimum absolute atomic E-state index is 0. The van der Waals surface area contributed by atoms with Crippen molar-refractivity contribution in [1.29, 1.82) is 0 Å². The van der Waals surface area contributed by atoms with Gasteiger partial charge in [-0.2, -0.15) is 0 Å². The molecule has 1 aromatic heterocycles. The Labute approximate surface area is 182 Å². The molecule has 6 heteroatoms. The first-order valence-electron chi connectivity index (χ1n) is 9.04. The molecule has 0 unspecified atom stereocenters. The van der Waals surface area contributed by atoms with Gasteiger partial charge in [0.1, 0.15) is 0 Å². The molecule has 1 saturated heterocycles. The van der Waals surface area contributed by atoms with Gasteiger partial charge in [-0.25, -0.2) is 0 Å². The molecular weight excluding hydrogens is 357 g/mol. The van der Waals surface area contributed by atoms with Crippen LogP contribution in [-0.4, -0.2) is 29.4 Å². The van der Waals surface area contributed by atoms with Crippen LogP contribution in [0.15, 0.2) is 36.4 Å². The Morgan fingerprint density at radius 3 is 2.85 bits per heavy atom. The van der Waals surface area contributed by atoms with Crippen molar-refractivity contribution in [2.45, 2.75) is 57.9 Å². The number of aromatic carboxylic acids is 1. The number of likely N-dealkylation sites (tertiary alicyclic amines) is 1. The van der Waals surface area contributed by atoms with E-state index in [9.17, 15) is 14.7 Å². The largest absolute Gasteiger partial charge is 1.00 e. The van der Waals surface area contributed by atoms with Crippen molar-refractivity contribution in [3.63, 3.8) is 0 Å². The molecule has 0 N–H and O–H groups in total. The summed E-state index contributed by atoms with van der Waals surface area (Å²) in [5.41, 5.74) is 0. The molecule has 1 fully saturated rings. The number of carboxylic acid groups (broad SMARTS) is 1. The van der Waals surface area contributed by atoms with E-state index < -0.39 is 5.97 Å². The monoisotopic (exact) mass is 383 g/mol. The second-order valence-corrected chi connectivity index (χ2v) is 7.47. The van der Waals surface area contributed by atoms with Crippen LogP contribution in [0.4, 0.5) is 0 Å². The number of carbonyl (C=O) groups excluding carboxylic acids is 2. The van der Waals surface area contributed by atoms with Gasteiger partial charge in [-0.3, -0.25) is 4.79 Å². The third-order valence-electron chi connectivity index (χ3n) is 4.36. The Morgan fingerprint density at radius 2 is 2.15 bits per heavy atom. The van der Waals surface area contributed by atoms with Gasteiger partial charge in [0, 0.05) is 17.8 Å². The van der Waals surface area contributed by atoms with Gasteiger partial charge in [0.2, 0.25) is 5.91 Å². The number of hydrogen-bond acceptors (Lipinski definition) is 4. The molecule has 0 radical (unpaired) electrons. The number of unbranched alkanes of at least 4 members (excludes halogenated alkanes) is 2. The number of nitrogens with zero attached hydrogens (tertiary/aromatic N) is 1. The SMILES string of the molecule is CCCC/C=C/C=C/[C@H]1CCC(=O)N1CCCc1ccc(C(=O)[O-])s1.[Na+]. The number of carboxylic acids is 1. The molecule has 0 saturated carbocycles. The molecule has 136 valence electrons. The van der Waals surface area contributed by atoms with Gasteiger partial charge in [0.25, 0.3) is 0 Å². The first-order chi connectivity index (χ1) is 12.1. The second-order valence-electron chi connectivity index (χ2n) is 6.31. The number of aryl methyl sites for hydroxylation is 1. The van der Waals surface area contributed by atoms with E-state index in [0.29, 0.717) is 13.0 Å². The summed E-state index contributed by atoms with van der Waals surface area (Å²) in [6.45, 7) is 2.90. The van der Waals surface area contributed by atoms with Crippen LogP contribution in [0.2, 0.25) is 0 Å². The molecule has 4 nitrogen and oxygen atoms in total. The van der Waals surface area contributed by atoms with Crippen molar-refractivity contribution in [2.24, 2.45) is 0 Å². The average molecular weight is 383 g/mol. The zero-order chi connectivity index (χ0) is 18.1. The van der Waals surface area contributed by atoms with Gasteiger partial charge < -0.3 is 14.8 Å². The maximum Gasteiger partial charge on any atom is 1.00 e. The third-order valence-corrected chi connectivity index (χ3v) is 5.49. The van der Waals surface area contributed by atoms with Gasteiger partial charge in [-0.1, -0.05) is 44.1 Å². The van der Waals surface area contributed by atoms with Crippen LogP contribution in [0.1, 0.15) is 60.0 Å². The third kappa shape index (κ3) is 7.39. The number of carbonyl (C=O) groups is 2. The van der Waals surface area contributed by atoms with E-state index in [1.165, 1.54) is 24.2 Å². The molecule has 1 atom stereocenters. The smallest absolute Gasteiger partial charge is 0.544 e. The van der Waals surface area contributed by atoms with Crippen LogP contribution >= 0.6 is 11.3 Å². The molecule has 0 bridgehead atoms. The van der Waals surface area contributed by atoms with E-state index in [1.807, 2.05) is 11.0 Å². The van der Waals surface area contributed by atoms with Crippen LogP contribution in [0.25, 0.3) is 0 Å². The maximum absolute atomic E-state index is 12.1. The van der Waals surface area contributed by atoms with Crippen LogP contribution in [0.3, 0.4) is 0 Å². The zero-order valence-electron chi connectivity index (χ0n) is 15.8. The fraction of sp³-hybridized carbons (Fsp3) is 0.500. The molecule has 2 rings (SSSR count). The Balaban J connectivity index is 0.00000338. The molecule has 1 aromatic rings. The second kappa shape index (κ2) is 12.5. The van der Waals surface area contributed by atoms with Crippen LogP contribution in [0, 0.1) is 0 Å². The van der Waals surface area contributed by atoms with Crippen LogP contribution in [0.5, 0.6) is 0 Å². The van der Waals surface area contributed by atoms with Gasteiger partial charge in [0.15, 0.2) is 0 Å². The van der Waals surface area contributed by atoms with Gasteiger partial charge in [-0.15, -0.1) is 11.3 Å². The molecule has 0 aromatic carbocycles. The predicted molar refractivity (Wildman–Crippen MR) is 99.5 cm³/mol. The number of hydrogen-bond donors (Lipinski definition) is 0. The van der Waals surface area contributed by atoms with Crippen LogP contribution < -0.4 is 34.7 Å². The summed E-state index contributed by atoms with van der Waals surface area (Å²) in [6, 6.07) is 3.61. The Kier molecular flexibility index (Phi) is 11.1. The Morgan fingerprint density at radius 1 is 1.35 bits per heavy atom. The fourth-order valence-corrected chi connectivity index (χ4v) is 3.87. The molecule has 1 aliphatic rings. The van der Waals surface area contributed by atoms with Crippen molar-refractivity contribution < 1.29 is 44.3 Å². The topological polar surface area (TPSA) is 60.4 Å². The van der Waals surface area contributed by atoms with Crippen molar-refractivity contribution in [2.75, 3.05) is 6.54 Å². The molecule has 2 heterocycles. The first kappa shape index (κ1) is 23.2. The van der Waals surface area contributed by atoms with Gasteiger partial charge in [0.05, 0.1) is 16.9 Å². The van der Waals surface area contributed by atoms with E-state index >= 15 is 0 Å². The summed E-state index contributed by atoms with van der Waals surface area (Å²) in [6.07, 6.45) is 15.1. The first-order valence-corrected chi connectivity index (χ1v) is 9.86. The number of rotatable bonds is 10. The zero-order valence-corrected chi connectivity index (χ0v) is 18.6. The van der Waals surface area contributed by atoms with Crippen molar-refractivity contribution in [3.8, 4) is 0 Å². The van der Waals surface area contributed by atoms with Crippen molar-refractivity contribution in [1.82, 2.24) is 4.90 Å². The maximum atomic E-state index is 12.1. The van der Waals surface area contributed by atoms with E-state index in [2.05, 4.69) is 31.2 Å². The van der Waals surface area contributed by atoms with E-state index in [-0.39, 0.29) is 46.4 Å². The van der Waals surface area contributed by atoms with E-state index in [0.717, 1.165) is 30.6 Å².